The highest BCUT2D eigenvalue weighted by Gasteiger charge is 2.15. The number of aryl methyl sites for hydroxylation is 3. The molecule has 1 unspecified atom stereocenters. The summed E-state index contributed by atoms with van der Waals surface area (Å²) in [6.07, 6.45) is 2.04. The Morgan fingerprint density at radius 2 is 2.10 bits per heavy atom. The second-order valence-electron chi connectivity index (χ2n) is 4.94. The molecule has 6 heteroatoms. The van der Waals surface area contributed by atoms with Gasteiger partial charge in [-0.1, -0.05) is 0 Å². The highest BCUT2D eigenvalue weighted by atomic mass is 32.1. The quantitative estimate of drug-likeness (QED) is 0.889. The van der Waals surface area contributed by atoms with Crippen LogP contribution in [-0.4, -0.2) is 28.3 Å². The molecule has 110 valence electrons. The molecule has 0 aliphatic carbocycles. The van der Waals surface area contributed by atoms with Gasteiger partial charge in [-0.05, 0) is 27.7 Å². The normalized spacial score (nSPS) is 12.7. The first-order chi connectivity index (χ1) is 9.51. The van der Waals surface area contributed by atoms with Crippen molar-refractivity contribution >= 4 is 17.3 Å². The summed E-state index contributed by atoms with van der Waals surface area (Å²) >= 11 is 1.74. The molecule has 5 nitrogen and oxygen atoms in total. The van der Waals surface area contributed by atoms with E-state index in [1.807, 2.05) is 20.0 Å². The van der Waals surface area contributed by atoms with Crippen molar-refractivity contribution < 1.29 is 4.74 Å². The number of imidazole rings is 1. The van der Waals surface area contributed by atoms with Crippen molar-refractivity contribution in [3.05, 3.63) is 27.5 Å². The number of anilines is 1. The number of aromatic nitrogens is 3. The van der Waals surface area contributed by atoms with Crippen LogP contribution in [0.25, 0.3) is 0 Å². The summed E-state index contributed by atoms with van der Waals surface area (Å²) < 4.78 is 7.23. The van der Waals surface area contributed by atoms with E-state index in [4.69, 9.17) is 4.74 Å². The number of hydrogen-bond acceptors (Lipinski definition) is 5. The van der Waals surface area contributed by atoms with Crippen LogP contribution in [0.3, 0.4) is 0 Å². The smallest absolute Gasteiger partial charge is 0.203 e. The average Bonchev–Trinajstić information content (AvgIpc) is 2.89. The first-order valence-corrected chi connectivity index (χ1v) is 7.56. The topological polar surface area (TPSA) is 52.0 Å². The van der Waals surface area contributed by atoms with Gasteiger partial charge in [0.2, 0.25) is 5.95 Å². The zero-order chi connectivity index (χ0) is 14.7. The molecule has 0 radical (unpaired) electrons. The molecule has 1 N–H and O–H groups in total. The summed E-state index contributed by atoms with van der Waals surface area (Å²) in [7, 11) is 1.71. The lowest BCUT2D eigenvalue weighted by molar-refractivity contribution is 0.187. The molecule has 0 saturated heterocycles. The number of thiazole rings is 1. The van der Waals surface area contributed by atoms with Crippen LogP contribution >= 0.6 is 11.3 Å². The van der Waals surface area contributed by atoms with Gasteiger partial charge in [0.25, 0.3) is 0 Å². The van der Waals surface area contributed by atoms with Gasteiger partial charge in [-0.15, -0.1) is 11.3 Å². The van der Waals surface area contributed by atoms with Crippen molar-refractivity contribution in [3.8, 4) is 0 Å². The molecule has 2 aromatic rings. The summed E-state index contributed by atoms with van der Waals surface area (Å²) in [5, 5.41) is 4.58. The van der Waals surface area contributed by atoms with Gasteiger partial charge in [-0.3, -0.25) is 0 Å². The predicted molar refractivity (Wildman–Crippen MR) is 82.5 cm³/mol. The van der Waals surface area contributed by atoms with E-state index in [1.54, 1.807) is 18.4 Å². The molecule has 0 fully saturated rings. The molecule has 0 amide bonds. The molecule has 0 aliphatic rings. The third-order valence-electron chi connectivity index (χ3n) is 3.11. The molecular formula is C14H22N4OS. The Bertz CT molecular complexity index is 576. The van der Waals surface area contributed by atoms with Gasteiger partial charge in [-0.25, -0.2) is 9.97 Å². The van der Waals surface area contributed by atoms with E-state index < -0.39 is 0 Å². The van der Waals surface area contributed by atoms with Gasteiger partial charge in [0, 0.05) is 24.7 Å². The fourth-order valence-electron chi connectivity index (χ4n) is 2.23. The van der Waals surface area contributed by atoms with Gasteiger partial charge < -0.3 is 14.6 Å². The van der Waals surface area contributed by atoms with Crippen LogP contribution in [0.2, 0.25) is 0 Å². The fraction of sp³-hybridized carbons (Fsp3) is 0.571. The summed E-state index contributed by atoms with van der Waals surface area (Å²) in [5.74, 6) is 0.887. The standard InChI is InChI=1S/C14H22N4OS/c1-9-8-18(6-7-19-5)14(15-9)17-11(3)13-10(2)16-12(4)20-13/h8,11H,6-7H2,1-5H3,(H,15,17). The van der Waals surface area contributed by atoms with Crippen molar-refractivity contribution in [1.82, 2.24) is 14.5 Å². The Labute approximate surface area is 124 Å². The van der Waals surface area contributed by atoms with Crippen molar-refractivity contribution in [2.45, 2.75) is 40.3 Å². The zero-order valence-electron chi connectivity index (χ0n) is 12.7. The van der Waals surface area contributed by atoms with Crippen LogP contribution in [-0.2, 0) is 11.3 Å². The molecule has 2 aromatic heterocycles. The van der Waals surface area contributed by atoms with Gasteiger partial charge in [0.15, 0.2) is 0 Å². The Kier molecular flexibility index (Phi) is 4.77. The maximum Gasteiger partial charge on any atom is 0.203 e. The monoisotopic (exact) mass is 294 g/mol. The van der Waals surface area contributed by atoms with E-state index in [-0.39, 0.29) is 6.04 Å². The maximum absolute atomic E-state index is 5.14. The summed E-state index contributed by atoms with van der Waals surface area (Å²) in [4.78, 5) is 10.3. The largest absolute Gasteiger partial charge is 0.383 e. The fourth-order valence-corrected chi connectivity index (χ4v) is 3.16. The SMILES string of the molecule is COCCn1cc(C)nc1NC(C)c1sc(C)nc1C. The van der Waals surface area contributed by atoms with Crippen molar-refractivity contribution in [2.24, 2.45) is 0 Å². The number of nitrogens with zero attached hydrogens (tertiary/aromatic N) is 3. The molecule has 1 atom stereocenters. The van der Waals surface area contributed by atoms with Gasteiger partial charge in [0.1, 0.15) is 0 Å². The van der Waals surface area contributed by atoms with Crippen molar-refractivity contribution in [3.63, 3.8) is 0 Å². The Hall–Kier alpha value is -1.40. The number of methoxy groups -OCH3 is 1. The van der Waals surface area contributed by atoms with Crippen LogP contribution in [0.15, 0.2) is 6.20 Å². The molecule has 0 saturated carbocycles. The third kappa shape index (κ3) is 3.37. The number of rotatable bonds is 6. The third-order valence-corrected chi connectivity index (χ3v) is 4.37. The Morgan fingerprint density at radius 1 is 1.35 bits per heavy atom. The highest BCUT2D eigenvalue weighted by Crippen LogP contribution is 2.27. The van der Waals surface area contributed by atoms with E-state index in [1.165, 1.54) is 4.88 Å². The number of nitrogens with one attached hydrogen (secondary N) is 1. The van der Waals surface area contributed by atoms with Crippen LogP contribution in [0.4, 0.5) is 5.95 Å². The van der Waals surface area contributed by atoms with E-state index in [0.717, 1.165) is 28.9 Å². The summed E-state index contributed by atoms with van der Waals surface area (Å²) in [6.45, 7) is 9.72. The molecule has 0 aromatic carbocycles. The van der Waals surface area contributed by atoms with Crippen LogP contribution in [0.5, 0.6) is 0 Å². The minimum Gasteiger partial charge on any atom is -0.383 e. The van der Waals surface area contributed by atoms with Crippen LogP contribution in [0.1, 0.15) is 34.2 Å². The van der Waals surface area contributed by atoms with E-state index in [2.05, 4.69) is 33.7 Å². The number of ether oxygens (including phenoxy) is 1. The Balaban J connectivity index is 2.14. The Morgan fingerprint density at radius 3 is 2.70 bits per heavy atom. The second-order valence-corrected chi connectivity index (χ2v) is 6.18. The van der Waals surface area contributed by atoms with E-state index in [0.29, 0.717) is 6.61 Å². The lowest BCUT2D eigenvalue weighted by Gasteiger charge is -2.15. The van der Waals surface area contributed by atoms with Crippen molar-refractivity contribution in [1.29, 1.82) is 0 Å². The average molecular weight is 294 g/mol. The maximum atomic E-state index is 5.14. The molecular weight excluding hydrogens is 272 g/mol. The summed E-state index contributed by atoms with van der Waals surface area (Å²) in [5.41, 5.74) is 2.10. The lowest BCUT2D eigenvalue weighted by Crippen LogP contribution is -2.13. The van der Waals surface area contributed by atoms with E-state index in [9.17, 15) is 0 Å². The molecule has 0 aliphatic heterocycles. The summed E-state index contributed by atoms with van der Waals surface area (Å²) in [6, 6.07) is 0.198. The minimum atomic E-state index is 0.198. The van der Waals surface area contributed by atoms with Crippen molar-refractivity contribution in [2.75, 3.05) is 19.0 Å². The first-order valence-electron chi connectivity index (χ1n) is 6.74. The van der Waals surface area contributed by atoms with Crippen LogP contribution in [0, 0.1) is 20.8 Å². The predicted octanol–water partition coefficient (Wildman–Crippen LogP) is 3.08. The molecule has 2 heterocycles. The molecule has 20 heavy (non-hydrogen) atoms. The molecule has 0 spiro atoms. The first kappa shape index (κ1) is 15.0. The molecule has 2 rings (SSSR count). The zero-order valence-corrected chi connectivity index (χ0v) is 13.5. The van der Waals surface area contributed by atoms with Crippen LogP contribution < -0.4 is 5.32 Å². The highest BCUT2D eigenvalue weighted by molar-refractivity contribution is 7.11. The van der Waals surface area contributed by atoms with Gasteiger partial charge in [0.05, 0.1) is 29.0 Å². The second kappa shape index (κ2) is 6.37. The van der Waals surface area contributed by atoms with Gasteiger partial charge in [-0.2, -0.15) is 0 Å². The molecule has 0 bridgehead atoms. The number of hydrogen-bond donors (Lipinski definition) is 1. The van der Waals surface area contributed by atoms with Gasteiger partial charge >= 0.3 is 0 Å². The lowest BCUT2D eigenvalue weighted by atomic mass is 10.2. The minimum absolute atomic E-state index is 0.198. The van der Waals surface area contributed by atoms with E-state index >= 15 is 0 Å².